The van der Waals surface area contributed by atoms with Gasteiger partial charge in [-0.3, -0.25) is 4.98 Å². The lowest BCUT2D eigenvalue weighted by Gasteiger charge is -2.16. The predicted molar refractivity (Wildman–Crippen MR) is 106 cm³/mol. The first-order chi connectivity index (χ1) is 13.0. The van der Waals surface area contributed by atoms with Crippen LogP contribution in [0.5, 0.6) is 0 Å². The van der Waals surface area contributed by atoms with Crippen LogP contribution in [0.4, 0.5) is 5.82 Å². The minimum Gasteiger partial charge on any atom is -0.357 e. The van der Waals surface area contributed by atoms with Crippen LogP contribution in [-0.2, 0) is 16.6 Å². The monoisotopic (exact) mass is 382 g/mol. The highest BCUT2D eigenvalue weighted by atomic mass is 32.2. The van der Waals surface area contributed by atoms with E-state index in [-0.39, 0.29) is 11.4 Å². The van der Waals surface area contributed by atoms with Crippen molar-refractivity contribution in [1.82, 2.24) is 14.7 Å². The summed E-state index contributed by atoms with van der Waals surface area (Å²) in [5.41, 5.74) is 2.30. The Hall–Kier alpha value is -2.51. The van der Waals surface area contributed by atoms with Gasteiger partial charge >= 0.3 is 0 Å². The third-order valence-electron chi connectivity index (χ3n) is 4.81. The standard InChI is InChI=1S/C20H22N4O2S/c1-15-11-17-5-4-6-18(20(17)22-12-15)27(25,26)23-14-16-7-8-19(21-13-16)24-9-2-3-10-24/h4-8,11-13,23H,2-3,9-10,14H2,1H3. The first kappa shape index (κ1) is 17.9. The Kier molecular flexibility index (Phi) is 4.80. The number of aryl methyl sites for hydroxylation is 1. The molecule has 1 aliphatic rings. The van der Waals surface area contributed by atoms with E-state index in [1.807, 2.05) is 31.2 Å². The number of sulfonamides is 1. The van der Waals surface area contributed by atoms with Crippen LogP contribution in [0.3, 0.4) is 0 Å². The van der Waals surface area contributed by atoms with Crippen LogP contribution in [-0.4, -0.2) is 31.5 Å². The molecule has 1 aromatic carbocycles. The van der Waals surface area contributed by atoms with Gasteiger partial charge in [-0.05, 0) is 49.1 Å². The van der Waals surface area contributed by atoms with Crippen molar-refractivity contribution in [1.29, 1.82) is 0 Å². The zero-order chi connectivity index (χ0) is 18.9. The minimum atomic E-state index is -3.67. The average molecular weight is 382 g/mol. The largest absolute Gasteiger partial charge is 0.357 e. The van der Waals surface area contributed by atoms with Crippen LogP contribution in [0.25, 0.3) is 10.9 Å². The molecule has 27 heavy (non-hydrogen) atoms. The van der Waals surface area contributed by atoms with Crippen molar-refractivity contribution in [2.24, 2.45) is 0 Å². The Morgan fingerprint density at radius 1 is 1.07 bits per heavy atom. The second-order valence-electron chi connectivity index (χ2n) is 6.88. The molecule has 0 spiro atoms. The lowest BCUT2D eigenvalue weighted by atomic mass is 10.2. The van der Waals surface area contributed by atoms with E-state index in [4.69, 9.17) is 0 Å². The van der Waals surface area contributed by atoms with Crippen molar-refractivity contribution >= 4 is 26.7 Å². The lowest BCUT2D eigenvalue weighted by Crippen LogP contribution is -2.24. The summed E-state index contributed by atoms with van der Waals surface area (Å²) in [6, 6.07) is 11.0. The lowest BCUT2D eigenvalue weighted by molar-refractivity contribution is 0.582. The Morgan fingerprint density at radius 2 is 1.89 bits per heavy atom. The highest BCUT2D eigenvalue weighted by Crippen LogP contribution is 2.22. The van der Waals surface area contributed by atoms with Gasteiger partial charge in [0.15, 0.2) is 0 Å². The molecule has 3 heterocycles. The van der Waals surface area contributed by atoms with E-state index < -0.39 is 10.0 Å². The topological polar surface area (TPSA) is 75.2 Å². The summed E-state index contributed by atoms with van der Waals surface area (Å²) < 4.78 is 28.3. The Bertz CT molecular complexity index is 1060. The molecule has 140 valence electrons. The fraction of sp³-hybridized carbons (Fsp3) is 0.300. The number of rotatable bonds is 5. The number of fused-ring (bicyclic) bond motifs is 1. The molecule has 3 aromatic rings. The number of hydrogen-bond donors (Lipinski definition) is 1. The minimum absolute atomic E-state index is 0.192. The molecule has 0 saturated carbocycles. The summed E-state index contributed by atoms with van der Waals surface area (Å²) in [5.74, 6) is 0.952. The number of nitrogens with one attached hydrogen (secondary N) is 1. The van der Waals surface area contributed by atoms with Gasteiger partial charge in [0, 0.05) is 37.4 Å². The van der Waals surface area contributed by atoms with Gasteiger partial charge in [0.1, 0.15) is 10.7 Å². The van der Waals surface area contributed by atoms with Gasteiger partial charge < -0.3 is 4.90 Å². The molecule has 0 unspecified atom stereocenters. The van der Waals surface area contributed by atoms with Gasteiger partial charge in [-0.1, -0.05) is 18.2 Å². The van der Waals surface area contributed by atoms with Gasteiger partial charge in [-0.15, -0.1) is 0 Å². The van der Waals surface area contributed by atoms with Gasteiger partial charge in [0.05, 0.1) is 5.52 Å². The molecule has 0 aliphatic carbocycles. The number of nitrogens with zero attached hydrogens (tertiary/aromatic N) is 3. The predicted octanol–water partition coefficient (Wildman–Crippen LogP) is 3.02. The van der Waals surface area contributed by atoms with Crippen molar-refractivity contribution in [3.05, 3.63) is 59.9 Å². The molecule has 2 aromatic heterocycles. The highest BCUT2D eigenvalue weighted by molar-refractivity contribution is 7.89. The normalized spacial score (nSPS) is 14.8. The molecule has 1 aliphatic heterocycles. The summed E-state index contributed by atoms with van der Waals surface area (Å²) in [5, 5.41) is 0.814. The van der Waals surface area contributed by atoms with E-state index in [1.54, 1.807) is 24.5 Å². The van der Waals surface area contributed by atoms with Gasteiger partial charge in [0.25, 0.3) is 0 Å². The SMILES string of the molecule is Cc1cnc2c(S(=O)(=O)NCc3ccc(N4CCCC4)nc3)cccc2c1. The van der Waals surface area contributed by atoms with E-state index in [0.717, 1.165) is 35.4 Å². The van der Waals surface area contributed by atoms with Crippen molar-refractivity contribution in [3.63, 3.8) is 0 Å². The summed E-state index contributed by atoms with van der Waals surface area (Å²) in [6.45, 7) is 4.20. The molecule has 0 atom stereocenters. The number of aromatic nitrogens is 2. The third kappa shape index (κ3) is 3.79. The summed E-state index contributed by atoms with van der Waals surface area (Å²) >= 11 is 0. The van der Waals surface area contributed by atoms with E-state index in [0.29, 0.717) is 5.52 Å². The first-order valence-corrected chi connectivity index (χ1v) is 10.6. The maximum absolute atomic E-state index is 12.8. The van der Waals surface area contributed by atoms with E-state index in [1.165, 1.54) is 12.8 Å². The summed E-state index contributed by atoms with van der Waals surface area (Å²) in [4.78, 5) is 11.2. The molecule has 0 bridgehead atoms. The fourth-order valence-corrected chi connectivity index (χ4v) is 4.57. The molecule has 6 nitrogen and oxygen atoms in total. The van der Waals surface area contributed by atoms with Crippen molar-refractivity contribution in [2.75, 3.05) is 18.0 Å². The number of pyridine rings is 2. The first-order valence-electron chi connectivity index (χ1n) is 9.08. The van der Waals surface area contributed by atoms with Crippen LogP contribution in [0, 0.1) is 6.92 Å². The van der Waals surface area contributed by atoms with E-state index in [9.17, 15) is 8.42 Å². The van der Waals surface area contributed by atoms with Crippen LogP contribution in [0.2, 0.25) is 0 Å². The summed E-state index contributed by atoms with van der Waals surface area (Å²) in [6.07, 6.45) is 5.81. The van der Waals surface area contributed by atoms with Crippen LogP contribution in [0.15, 0.2) is 53.7 Å². The molecular weight excluding hydrogens is 360 g/mol. The fourth-order valence-electron chi connectivity index (χ4n) is 3.37. The third-order valence-corrected chi connectivity index (χ3v) is 6.24. The smallest absolute Gasteiger partial charge is 0.243 e. The van der Waals surface area contributed by atoms with Crippen molar-refractivity contribution in [3.8, 4) is 0 Å². The zero-order valence-electron chi connectivity index (χ0n) is 15.2. The molecule has 1 fully saturated rings. The van der Waals surface area contributed by atoms with E-state index >= 15 is 0 Å². The average Bonchev–Trinajstić information content (AvgIpc) is 3.21. The van der Waals surface area contributed by atoms with Crippen LogP contribution >= 0.6 is 0 Å². The van der Waals surface area contributed by atoms with Gasteiger partial charge in [0.2, 0.25) is 10.0 Å². The molecule has 0 radical (unpaired) electrons. The molecular formula is C20H22N4O2S. The molecule has 1 saturated heterocycles. The Balaban J connectivity index is 1.52. The quantitative estimate of drug-likeness (QED) is 0.734. The molecule has 0 amide bonds. The van der Waals surface area contributed by atoms with Crippen LogP contribution in [0.1, 0.15) is 24.0 Å². The Labute approximate surface area is 159 Å². The van der Waals surface area contributed by atoms with Crippen molar-refractivity contribution < 1.29 is 8.42 Å². The Morgan fingerprint density at radius 3 is 2.63 bits per heavy atom. The maximum Gasteiger partial charge on any atom is 0.243 e. The number of anilines is 1. The molecule has 4 rings (SSSR count). The van der Waals surface area contributed by atoms with Gasteiger partial charge in [-0.2, -0.15) is 0 Å². The van der Waals surface area contributed by atoms with Crippen LogP contribution < -0.4 is 9.62 Å². The van der Waals surface area contributed by atoms with Crippen molar-refractivity contribution in [2.45, 2.75) is 31.2 Å². The highest BCUT2D eigenvalue weighted by Gasteiger charge is 2.18. The number of para-hydroxylation sites is 1. The summed E-state index contributed by atoms with van der Waals surface area (Å²) in [7, 11) is -3.67. The molecule has 7 heteroatoms. The number of benzene rings is 1. The van der Waals surface area contributed by atoms with E-state index in [2.05, 4.69) is 19.6 Å². The second kappa shape index (κ2) is 7.25. The second-order valence-corrected chi connectivity index (χ2v) is 8.62. The zero-order valence-corrected chi connectivity index (χ0v) is 16.0. The van der Waals surface area contributed by atoms with Gasteiger partial charge in [-0.25, -0.2) is 18.1 Å². The maximum atomic E-state index is 12.8. The number of hydrogen-bond acceptors (Lipinski definition) is 5. The molecule has 1 N–H and O–H groups in total.